The molecule has 0 spiro atoms. The Morgan fingerprint density at radius 1 is 1.14 bits per heavy atom. The summed E-state index contributed by atoms with van der Waals surface area (Å²) in [5.74, 6) is 0. The summed E-state index contributed by atoms with van der Waals surface area (Å²) in [6, 6.07) is 0.846. The van der Waals surface area contributed by atoms with Crippen molar-refractivity contribution in [3.8, 4) is 0 Å². The molecule has 1 aliphatic rings. The van der Waals surface area contributed by atoms with Gasteiger partial charge in [0.2, 0.25) is 0 Å². The number of nitrogens with zero attached hydrogens (tertiary/aromatic N) is 1. The number of hydrogen-bond donors (Lipinski definition) is 1. The molecule has 0 aromatic heterocycles. The van der Waals surface area contributed by atoms with E-state index in [1.165, 1.54) is 45.1 Å². The van der Waals surface area contributed by atoms with Crippen LogP contribution in [0.15, 0.2) is 0 Å². The lowest BCUT2D eigenvalue weighted by atomic mass is 9.91. The number of aliphatic hydroxyl groups excluding tert-OH is 1. The molecule has 84 valence electrons. The topological polar surface area (TPSA) is 23.5 Å². The van der Waals surface area contributed by atoms with Gasteiger partial charge in [0.15, 0.2) is 0 Å². The van der Waals surface area contributed by atoms with Crippen LogP contribution in [0.3, 0.4) is 0 Å². The Hall–Kier alpha value is -0.0800. The van der Waals surface area contributed by atoms with Crippen molar-refractivity contribution >= 4 is 0 Å². The van der Waals surface area contributed by atoms with Crippen molar-refractivity contribution in [2.75, 3.05) is 19.7 Å². The summed E-state index contributed by atoms with van der Waals surface area (Å²) in [7, 11) is 0. The van der Waals surface area contributed by atoms with Gasteiger partial charge in [-0.3, -0.25) is 0 Å². The highest BCUT2D eigenvalue weighted by Crippen LogP contribution is 2.25. The fraction of sp³-hybridized carbons (Fsp3) is 1.00. The highest BCUT2D eigenvalue weighted by Gasteiger charge is 2.23. The molecule has 0 radical (unpaired) electrons. The zero-order valence-electron chi connectivity index (χ0n) is 9.54. The summed E-state index contributed by atoms with van der Waals surface area (Å²) in [5, 5.41) is 8.83. The number of unbranched alkanes of at least 4 members (excludes halogenated alkanes) is 2. The highest BCUT2D eigenvalue weighted by atomic mass is 16.3. The van der Waals surface area contributed by atoms with E-state index in [-0.39, 0.29) is 0 Å². The van der Waals surface area contributed by atoms with Gasteiger partial charge in [-0.2, -0.15) is 0 Å². The van der Waals surface area contributed by atoms with Crippen molar-refractivity contribution in [2.24, 2.45) is 0 Å². The van der Waals surface area contributed by atoms with Gasteiger partial charge in [-0.05, 0) is 32.2 Å². The molecule has 14 heavy (non-hydrogen) atoms. The molecule has 1 saturated carbocycles. The molecule has 0 bridgehead atoms. The summed E-state index contributed by atoms with van der Waals surface area (Å²) in [5.41, 5.74) is 0. The van der Waals surface area contributed by atoms with Crippen LogP contribution in [0.5, 0.6) is 0 Å². The zero-order valence-corrected chi connectivity index (χ0v) is 9.54. The van der Waals surface area contributed by atoms with Crippen molar-refractivity contribution in [3.63, 3.8) is 0 Å². The van der Waals surface area contributed by atoms with Gasteiger partial charge in [-0.25, -0.2) is 0 Å². The molecule has 2 heteroatoms. The Bertz CT molecular complexity index is 134. The lowest BCUT2D eigenvalue weighted by Crippen LogP contribution is -2.41. The van der Waals surface area contributed by atoms with Gasteiger partial charge in [0.05, 0.1) is 0 Å². The quantitative estimate of drug-likeness (QED) is 0.607. The Kier molecular flexibility index (Phi) is 6.20. The predicted octanol–water partition coefficient (Wildman–Crippen LogP) is 2.41. The Morgan fingerprint density at radius 3 is 2.36 bits per heavy atom. The van der Waals surface area contributed by atoms with E-state index < -0.39 is 0 Å². The van der Waals surface area contributed by atoms with E-state index in [1.54, 1.807) is 0 Å². The van der Waals surface area contributed by atoms with E-state index in [1.807, 2.05) is 0 Å². The minimum absolute atomic E-state index is 0.344. The highest BCUT2D eigenvalue weighted by molar-refractivity contribution is 4.79. The van der Waals surface area contributed by atoms with E-state index in [9.17, 15) is 0 Å². The van der Waals surface area contributed by atoms with Crippen LogP contribution in [0.2, 0.25) is 0 Å². The van der Waals surface area contributed by atoms with E-state index in [2.05, 4.69) is 11.8 Å². The van der Waals surface area contributed by atoms with Crippen molar-refractivity contribution in [1.29, 1.82) is 0 Å². The molecule has 1 rings (SSSR count). The van der Waals surface area contributed by atoms with Gasteiger partial charge in [0.25, 0.3) is 0 Å². The first kappa shape index (κ1) is 12.0. The van der Waals surface area contributed by atoms with Gasteiger partial charge < -0.3 is 10.0 Å². The Balaban J connectivity index is 2.14. The molecular weight excluding hydrogens is 174 g/mol. The van der Waals surface area contributed by atoms with E-state index in [4.69, 9.17) is 5.11 Å². The van der Waals surface area contributed by atoms with Crippen molar-refractivity contribution in [1.82, 2.24) is 4.90 Å². The van der Waals surface area contributed by atoms with Crippen LogP contribution in [0.4, 0.5) is 0 Å². The summed E-state index contributed by atoms with van der Waals surface area (Å²) < 4.78 is 0. The van der Waals surface area contributed by atoms with Gasteiger partial charge in [-0.1, -0.05) is 26.2 Å². The third-order valence-corrected chi connectivity index (χ3v) is 3.24. The minimum atomic E-state index is 0.344. The monoisotopic (exact) mass is 199 g/mol. The van der Waals surface area contributed by atoms with Gasteiger partial charge in [0.1, 0.15) is 0 Å². The fourth-order valence-electron chi connectivity index (χ4n) is 2.07. The maximum absolute atomic E-state index is 8.83. The van der Waals surface area contributed by atoms with Crippen LogP contribution >= 0.6 is 0 Å². The molecule has 0 aromatic carbocycles. The molecule has 1 aliphatic carbocycles. The SMILES string of the molecule is CCCCCN(CCCO)C1CCC1. The van der Waals surface area contributed by atoms with Crippen molar-refractivity contribution < 1.29 is 5.11 Å². The fourth-order valence-corrected chi connectivity index (χ4v) is 2.07. The van der Waals surface area contributed by atoms with E-state index in [0.717, 1.165) is 19.0 Å². The standard InChI is InChI=1S/C12H25NO/c1-2-3-4-9-13(10-6-11-14)12-7-5-8-12/h12,14H,2-11H2,1H3. The Morgan fingerprint density at radius 2 is 1.86 bits per heavy atom. The third-order valence-electron chi connectivity index (χ3n) is 3.24. The first-order valence-corrected chi connectivity index (χ1v) is 6.23. The predicted molar refractivity (Wildman–Crippen MR) is 60.4 cm³/mol. The van der Waals surface area contributed by atoms with Crippen molar-refractivity contribution in [2.45, 2.75) is 57.9 Å². The number of aliphatic hydroxyl groups is 1. The molecule has 1 N–H and O–H groups in total. The molecule has 0 aliphatic heterocycles. The summed E-state index contributed by atoms with van der Waals surface area (Å²) in [4.78, 5) is 2.59. The smallest absolute Gasteiger partial charge is 0.0443 e. The number of hydrogen-bond acceptors (Lipinski definition) is 2. The average molecular weight is 199 g/mol. The largest absolute Gasteiger partial charge is 0.396 e. The molecule has 0 saturated heterocycles. The molecule has 0 atom stereocenters. The maximum atomic E-state index is 8.83. The first-order chi connectivity index (χ1) is 6.88. The van der Waals surface area contributed by atoms with Crippen LogP contribution in [0.1, 0.15) is 51.9 Å². The second-order valence-electron chi connectivity index (χ2n) is 4.40. The summed E-state index contributed by atoms with van der Waals surface area (Å²) in [6.07, 6.45) is 9.12. The first-order valence-electron chi connectivity index (χ1n) is 6.23. The summed E-state index contributed by atoms with van der Waals surface area (Å²) in [6.45, 7) is 4.95. The second-order valence-corrected chi connectivity index (χ2v) is 4.40. The molecular formula is C12H25NO. The van der Waals surface area contributed by atoms with Gasteiger partial charge in [0, 0.05) is 19.2 Å². The minimum Gasteiger partial charge on any atom is -0.396 e. The molecule has 1 fully saturated rings. The second kappa shape index (κ2) is 7.24. The summed E-state index contributed by atoms with van der Waals surface area (Å²) >= 11 is 0. The third kappa shape index (κ3) is 3.97. The van der Waals surface area contributed by atoms with E-state index >= 15 is 0 Å². The molecule has 0 unspecified atom stereocenters. The van der Waals surface area contributed by atoms with Gasteiger partial charge in [-0.15, -0.1) is 0 Å². The van der Waals surface area contributed by atoms with Crippen LogP contribution in [0, 0.1) is 0 Å². The van der Waals surface area contributed by atoms with Crippen LogP contribution in [-0.2, 0) is 0 Å². The number of rotatable bonds is 8. The van der Waals surface area contributed by atoms with Gasteiger partial charge >= 0.3 is 0 Å². The molecule has 2 nitrogen and oxygen atoms in total. The lowest BCUT2D eigenvalue weighted by molar-refractivity contribution is 0.114. The van der Waals surface area contributed by atoms with Crippen LogP contribution < -0.4 is 0 Å². The lowest BCUT2D eigenvalue weighted by Gasteiger charge is -2.37. The molecule has 0 aromatic rings. The van der Waals surface area contributed by atoms with Crippen molar-refractivity contribution in [3.05, 3.63) is 0 Å². The van der Waals surface area contributed by atoms with Crippen LogP contribution in [0.25, 0.3) is 0 Å². The van der Waals surface area contributed by atoms with Crippen LogP contribution in [-0.4, -0.2) is 35.7 Å². The van der Waals surface area contributed by atoms with E-state index in [0.29, 0.717) is 6.61 Å². The Labute approximate surface area is 88.3 Å². The zero-order chi connectivity index (χ0) is 10.2. The molecule has 0 amide bonds. The molecule has 0 heterocycles. The maximum Gasteiger partial charge on any atom is 0.0443 e. The average Bonchev–Trinajstić information content (AvgIpc) is 2.11. The normalized spacial score (nSPS) is 17.4.